The van der Waals surface area contributed by atoms with Crippen LogP contribution in [0.5, 0.6) is 0 Å². The maximum atomic E-state index is 12.2. The summed E-state index contributed by atoms with van der Waals surface area (Å²) in [7, 11) is 0. The summed E-state index contributed by atoms with van der Waals surface area (Å²) in [6, 6.07) is 6.42. The fraction of sp³-hybridized carbons (Fsp3) is 0.500. The number of benzene rings is 1. The van der Waals surface area contributed by atoms with E-state index in [0.29, 0.717) is 11.3 Å². The smallest absolute Gasteiger partial charge is 0.253 e. The highest BCUT2D eigenvalue weighted by atomic mass is 16.2. The van der Waals surface area contributed by atoms with Gasteiger partial charge in [0.05, 0.1) is 17.3 Å². The summed E-state index contributed by atoms with van der Waals surface area (Å²) in [6.45, 7) is 7.70. The maximum absolute atomic E-state index is 12.2. The average molecular weight is 291 g/mol. The molecule has 0 bridgehead atoms. The molecule has 0 saturated carbocycles. The Morgan fingerprint density at radius 2 is 1.81 bits per heavy atom. The first-order chi connectivity index (χ1) is 9.86. The van der Waals surface area contributed by atoms with Gasteiger partial charge in [0.25, 0.3) is 5.91 Å². The van der Waals surface area contributed by atoms with Crippen molar-refractivity contribution in [2.45, 2.75) is 46.2 Å². The molecule has 5 heteroatoms. The topological polar surface area (TPSA) is 84.2 Å². The van der Waals surface area contributed by atoms with Crippen LogP contribution in [0.15, 0.2) is 24.3 Å². The molecular formula is C16H25N3O2. The molecule has 0 aliphatic rings. The number of nitrogens with two attached hydrogens (primary N) is 1. The van der Waals surface area contributed by atoms with Crippen molar-refractivity contribution in [3.8, 4) is 0 Å². The Morgan fingerprint density at radius 3 is 2.38 bits per heavy atom. The summed E-state index contributed by atoms with van der Waals surface area (Å²) < 4.78 is 0. The van der Waals surface area contributed by atoms with Crippen LogP contribution < -0.4 is 16.4 Å². The van der Waals surface area contributed by atoms with Crippen LogP contribution in [0.3, 0.4) is 0 Å². The number of hydrogen-bond donors (Lipinski definition) is 3. The third kappa shape index (κ3) is 4.86. The van der Waals surface area contributed by atoms with E-state index in [0.717, 1.165) is 6.42 Å². The van der Waals surface area contributed by atoms with Crippen molar-refractivity contribution < 1.29 is 9.59 Å². The fourth-order valence-corrected chi connectivity index (χ4v) is 1.71. The fourth-order valence-electron chi connectivity index (χ4n) is 1.71. The van der Waals surface area contributed by atoms with Gasteiger partial charge in [-0.3, -0.25) is 9.59 Å². The minimum absolute atomic E-state index is 0.0334. The highest BCUT2D eigenvalue weighted by molar-refractivity contribution is 6.04. The Morgan fingerprint density at radius 1 is 1.19 bits per heavy atom. The molecule has 1 unspecified atom stereocenters. The van der Waals surface area contributed by atoms with Gasteiger partial charge in [-0.1, -0.05) is 32.9 Å². The molecule has 2 atom stereocenters. The van der Waals surface area contributed by atoms with Crippen LogP contribution in [0, 0.1) is 5.92 Å². The Balaban J connectivity index is 2.89. The van der Waals surface area contributed by atoms with Gasteiger partial charge in [-0.05, 0) is 31.4 Å². The van der Waals surface area contributed by atoms with Crippen molar-refractivity contribution in [2.75, 3.05) is 5.32 Å². The summed E-state index contributed by atoms with van der Waals surface area (Å²) >= 11 is 0. The van der Waals surface area contributed by atoms with Crippen molar-refractivity contribution in [2.24, 2.45) is 11.7 Å². The van der Waals surface area contributed by atoms with E-state index in [9.17, 15) is 9.59 Å². The minimum atomic E-state index is -0.601. The Bertz CT molecular complexity index is 500. The second-order valence-electron chi connectivity index (χ2n) is 5.59. The SMILES string of the molecule is CCC(C)NC(=O)c1ccccc1NC(=O)[C@@H](N)C(C)C. The van der Waals surface area contributed by atoms with E-state index in [1.165, 1.54) is 0 Å². The molecule has 0 fully saturated rings. The van der Waals surface area contributed by atoms with Gasteiger partial charge in [-0.2, -0.15) is 0 Å². The molecule has 21 heavy (non-hydrogen) atoms. The van der Waals surface area contributed by atoms with Crippen LogP contribution >= 0.6 is 0 Å². The summed E-state index contributed by atoms with van der Waals surface area (Å²) in [5, 5.41) is 5.63. The van der Waals surface area contributed by atoms with E-state index in [4.69, 9.17) is 5.73 Å². The lowest BCUT2D eigenvalue weighted by Crippen LogP contribution is -2.40. The number of para-hydroxylation sites is 1. The van der Waals surface area contributed by atoms with Crippen molar-refractivity contribution in [1.29, 1.82) is 0 Å². The van der Waals surface area contributed by atoms with E-state index in [1.807, 2.05) is 27.7 Å². The average Bonchev–Trinajstić information content (AvgIpc) is 2.46. The molecule has 2 amide bonds. The van der Waals surface area contributed by atoms with Crippen molar-refractivity contribution in [3.05, 3.63) is 29.8 Å². The molecule has 1 aromatic rings. The van der Waals surface area contributed by atoms with Gasteiger partial charge >= 0.3 is 0 Å². The molecule has 0 aliphatic carbocycles. The lowest BCUT2D eigenvalue weighted by Gasteiger charge is -2.18. The zero-order chi connectivity index (χ0) is 16.0. The van der Waals surface area contributed by atoms with E-state index in [2.05, 4.69) is 10.6 Å². The molecule has 1 rings (SSSR count). The number of anilines is 1. The second-order valence-corrected chi connectivity index (χ2v) is 5.59. The van der Waals surface area contributed by atoms with E-state index in [1.54, 1.807) is 24.3 Å². The van der Waals surface area contributed by atoms with Crippen molar-refractivity contribution in [3.63, 3.8) is 0 Å². The Hall–Kier alpha value is -1.88. The summed E-state index contributed by atoms with van der Waals surface area (Å²) in [6.07, 6.45) is 0.846. The molecule has 0 saturated heterocycles. The zero-order valence-electron chi connectivity index (χ0n) is 13.1. The van der Waals surface area contributed by atoms with Gasteiger partial charge in [0.15, 0.2) is 0 Å². The number of carbonyl (C=O) groups excluding carboxylic acids is 2. The van der Waals surface area contributed by atoms with E-state index >= 15 is 0 Å². The van der Waals surface area contributed by atoms with Crippen LogP contribution in [0.2, 0.25) is 0 Å². The number of nitrogens with one attached hydrogen (secondary N) is 2. The van der Waals surface area contributed by atoms with Gasteiger partial charge in [-0.15, -0.1) is 0 Å². The highest BCUT2D eigenvalue weighted by Gasteiger charge is 2.20. The molecule has 116 valence electrons. The third-order valence-corrected chi connectivity index (χ3v) is 3.44. The van der Waals surface area contributed by atoms with Crippen LogP contribution in [0.1, 0.15) is 44.5 Å². The second kappa shape index (κ2) is 7.78. The number of rotatable bonds is 6. The van der Waals surface area contributed by atoms with Crippen LogP contribution in [0.25, 0.3) is 0 Å². The number of carbonyl (C=O) groups is 2. The van der Waals surface area contributed by atoms with Crippen LogP contribution in [-0.2, 0) is 4.79 Å². The van der Waals surface area contributed by atoms with E-state index in [-0.39, 0.29) is 23.8 Å². The first kappa shape index (κ1) is 17.2. The molecule has 0 heterocycles. The number of amides is 2. The van der Waals surface area contributed by atoms with Crippen LogP contribution in [-0.4, -0.2) is 23.9 Å². The molecule has 0 aromatic heterocycles. The molecule has 4 N–H and O–H groups in total. The summed E-state index contributed by atoms with van der Waals surface area (Å²) in [5.41, 5.74) is 6.76. The molecule has 0 spiro atoms. The number of hydrogen-bond acceptors (Lipinski definition) is 3. The monoisotopic (exact) mass is 291 g/mol. The highest BCUT2D eigenvalue weighted by Crippen LogP contribution is 2.16. The lowest BCUT2D eigenvalue weighted by atomic mass is 10.0. The molecule has 0 radical (unpaired) electrons. The predicted molar refractivity (Wildman–Crippen MR) is 85.1 cm³/mol. The Kier molecular flexibility index (Phi) is 6.37. The lowest BCUT2D eigenvalue weighted by molar-refractivity contribution is -0.118. The predicted octanol–water partition coefficient (Wildman–Crippen LogP) is 2.14. The zero-order valence-corrected chi connectivity index (χ0v) is 13.1. The van der Waals surface area contributed by atoms with Crippen LogP contribution in [0.4, 0.5) is 5.69 Å². The van der Waals surface area contributed by atoms with E-state index < -0.39 is 6.04 Å². The minimum Gasteiger partial charge on any atom is -0.350 e. The van der Waals surface area contributed by atoms with Gasteiger partial charge in [0.2, 0.25) is 5.91 Å². The normalized spacial score (nSPS) is 13.6. The first-order valence-corrected chi connectivity index (χ1v) is 7.33. The maximum Gasteiger partial charge on any atom is 0.253 e. The van der Waals surface area contributed by atoms with Crippen molar-refractivity contribution >= 4 is 17.5 Å². The van der Waals surface area contributed by atoms with Gasteiger partial charge in [0, 0.05) is 6.04 Å². The summed E-state index contributed by atoms with van der Waals surface area (Å²) in [4.78, 5) is 24.3. The molecule has 1 aromatic carbocycles. The molecule has 5 nitrogen and oxygen atoms in total. The Labute approximate surface area is 126 Å². The van der Waals surface area contributed by atoms with Crippen molar-refractivity contribution in [1.82, 2.24) is 5.32 Å². The molecule has 0 aliphatic heterocycles. The quantitative estimate of drug-likeness (QED) is 0.750. The molecular weight excluding hydrogens is 266 g/mol. The van der Waals surface area contributed by atoms with Gasteiger partial charge in [-0.25, -0.2) is 0 Å². The van der Waals surface area contributed by atoms with Gasteiger partial charge < -0.3 is 16.4 Å². The van der Waals surface area contributed by atoms with Gasteiger partial charge in [0.1, 0.15) is 0 Å². The largest absolute Gasteiger partial charge is 0.350 e. The summed E-state index contributed by atoms with van der Waals surface area (Å²) in [5.74, 6) is -0.446. The first-order valence-electron chi connectivity index (χ1n) is 7.33. The standard InChI is InChI=1S/C16H25N3O2/c1-5-11(4)18-15(20)12-8-6-7-9-13(12)19-16(21)14(17)10(2)3/h6-11,14H,5,17H2,1-4H3,(H,18,20)(H,19,21)/t11?,14-/m0/s1. The third-order valence-electron chi connectivity index (χ3n) is 3.44.